The molecule has 5 nitrogen and oxygen atoms in total. The number of aliphatic hydroxyl groups excluding tert-OH is 1. The maximum Gasteiger partial charge on any atom is 0.244 e. The lowest BCUT2D eigenvalue weighted by Crippen LogP contribution is -2.47. The molecule has 0 aliphatic carbocycles. The molecule has 1 N–H and O–H groups in total. The highest BCUT2D eigenvalue weighted by atomic mass is 32.2. The predicted molar refractivity (Wildman–Crippen MR) is 77.9 cm³/mol. The second-order valence-corrected chi connectivity index (χ2v) is 7.23. The number of aromatic nitrogens is 1. The van der Waals surface area contributed by atoms with Gasteiger partial charge in [0, 0.05) is 30.2 Å². The van der Waals surface area contributed by atoms with Gasteiger partial charge in [-0.05, 0) is 26.0 Å². The van der Waals surface area contributed by atoms with Crippen LogP contribution in [0.25, 0.3) is 10.8 Å². The fraction of sp³-hybridized carbons (Fsp3) is 0.357. The van der Waals surface area contributed by atoms with Crippen molar-refractivity contribution in [2.24, 2.45) is 0 Å². The van der Waals surface area contributed by atoms with E-state index in [0.717, 1.165) is 5.39 Å². The van der Waals surface area contributed by atoms with E-state index >= 15 is 0 Å². The molecule has 0 radical (unpaired) electrons. The van der Waals surface area contributed by atoms with Crippen LogP contribution < -0.4 is 0 Å². The van der Waals surface area contributed by atoms with E-state index in [4.69, 9.17) is 0 Å². The highest BCUT2D eigenvalue weighted by Crippen LogP contribution is 2.28. The first-order valence-electron chi connectivity index (χ1n) is 6.23. The van der Waals surface area contributed by atoms with Crippen LogP contribution in [0.3, 0.4) is 0 Å². The highest BCUT2D eigenvalue weighted by Gasteiger charge is 2.34. The Bertz CT molecular complexity index is 721. The number of benzene rings is 1. The van der Waals surface area contributed by atoms with Crippen molar-refractivity contribution in [3.63, 3.8) is 0 Å². The third-order valence-electron chi connectivity index (χ3n) is 3.52. The summed E-state index contributed by atoms with van der Waals surface area (Å²) in [4.78, 5) is 4.22. The minimum atomic E-state index is -3.69. The molecule has 0 unspecified atom stereocenters. The van der Waals surface area contributed by atoms with Gasteiger partial charge in [0.25, 0.3) is 0 Å². The van der Waals surface area contributed by atoms with Gasteiger partial charge in [0.1, 0.15) is 0 Å². The molecular formula is C14H18N2O3S. The summed E-state index contributed by atoms with van der Waals surface area (Å²) in [5.41, 5.74) is -0.867. The summed E-state index contributed by atoms with van der Waals surface area (Å²) in [7, 11) is -2.21. The molecule has 0 saturated carbocycles. The second-order valence-electron chi connectivity index (χ2n) is 5.30. The Morgan fingerprint density at radius 2 is 2.00 bits per heavy atom. The first kappa shape index (κ1) is 14.9. The molecule has 0 spiro atoms. The molecule has 0 atom stereocenters. The minimum Gasteiger partial charge on any atom is -0.394 e. The van der Waals surface area contributed by atoms with Crippen LogP contribution in [0, 0.1) is 0 Å². The molecule has 1 heterocycles. The molecule has 0 aliphatic heterocycles. The van der Waals surface area contributed by atoms with E-state index in [1.807, 2.05) is 6.07 Å². The van der Waals surface area contributed by atoms with Gasteiger partial charge >= 0.3 is 0 Å². The summed E-state index contributed by atoms with van der Waals surface area (Å²) in [6, 6.07) is 6.76. The zero-order chi connectivity index (χ0) is 15.0. The molecule has 0 aliphatic rings. The molecule has 2 rings (SSSR count). The van der Waals surface area contributed by atoms with Crippen LogP contribution in [0.2, 0.25) is 0 Å². The van der Waals surface area contributed by atoms with Crippen molar-refractivity contribution in [3.8, 4) is 0 Å². The van der Waals surface area contributed by atoms with Gasteiger partial charge in [-0.15, -0.1) is 0 Å². The molecule has 2 aromatic rings. The molecule has 1 aromatic carbocycles. The van der Waals surface area contributed by atoms with Gasteiger partial charge in [-0.3, -0.25) is 4.98 Å². The van der Waals surface area contributed by atoms with Crippen molar-refractivity contribution in [2.75, 3.05) is 13.7 Å². The number of hydrogen-bond acceptors (Lipinski definition) is 4. The second kappa shape index (κ2) is 5.12. The fourth-order valence-electron chi connectivity index (χ4n) is 1.89. The van der Waals surface area contributed by atoms with Crippen molar-refractivity contribution < 1.29 is 13.5 Å². The van der Waals surface area contributed by atoms with E-state index in [0.29, 0.717) is 5.39 Å². The standard InChI is InChI=1S/C14H18N2O3S/c1-14(2,10-17)16(3)20(18,19)13-6-4-5-11-9-15-8-7-12(11)13/h4-9,17H,10H2,1-3H3. The minimum absolute atomic E-state index is 0.224. The van der Waals surface area contributed by atoms with Crippen LogP contribution in [0.5, 0.6) is 0 Å². The summed E-state index contributed by atoms with van der Waals surface area (Å²) in [6.45, 7) is 3.10. The molecule has 0 fully saturated rings. The number of hydrogen-bond donors (Lipinski definition) is 1. The van der Waals surface area contributed by atoms with Gasteiger partial charge < -0.3 is 5.11 Å². The van der Waals surface area contributed by atoms with Crippen molar-refractivity contribution in [3.05, 3.63) is 36.7 Å². The number of fused-ring (bicyclic) bond motifs is 1. The Balaban J connectivity index is 2.64. The number of pyridine rings is 1. The molecule has 20 heavy (non-hydrogen) atoms. The number of rotatable bonds is 4. The van der Waals surface area contributed by atoms with Gasteiger partial charge in [-0.1, -0.05) is 12.1 Å². The van der Waals surface area contributed by atoms with Gasteiger partial charge in [-0.25, -0.2) is 8.42 Å². The maximum atomic E-state index is 12.7. The monoisotopic (exact) mass is 294 g/mol. The van der Waals surface area contributed by atoms with Crippen LogP contribution in [0.15, 0.2) is 41.6 Å². The lowest BCUT2D eigenvalue weighted by atomic mass is 10.1. The molecule has 1 aromatic heterocycles. The number of aliphatic hydroxyl groups is 1. The smallest absolute Gasteiger partial charge is 0.244 e. The Morgan fingerprint density at radius 3 is 2.65 bits per heavy atom. The zero-order valence-corrected chi connectivity index (χ0v) is 12.6. The van der Waals surface area contributed by atoms with E-state index in [1.54, 1.807) is 44.4 Å². The third kappa shape index (κ3) is 2.42. The first-order chi connectivity index (χ1) is 9.30. The number of nitrogens with zero attached hydrogens (tertiary/aromatic N) is 2. The van der Waals surface area contributed by atoms with Gasteiger partial charge in [-0.2, -0.15) is 4.31 Å². The van der Waals surface area contributed by atoms with E-state index in [2.05, 4.69) is 4.98 Å². The topological polar surface area (TPSA) is 70.5 Å². The average molecular weight is 294 g/mol. The van der Waals surface area contributed by atoms with Crippen LogP contribution >= 0.6 is 0 Å². The van der Waals surface area contributed by atoms with E-state index in [1.165, 1.54) is 11.4 Å². The largest absolute Gasteiger partial charge is 0.394 e. The SMILES string of the molecule is CN(C(C)(C)CO)S(=O)(=O)c1cccc2cnccc12. The van der Waals surface area contributed by atoms with E-state index in [9.17, 15) is 13.5 Å². The quantitative estimate of drug-likeness (QED) is 0.930. The molecule has 108 valence electrons. The normalized spacial score (nSPS) is 13.1. The Kier molecular flexibility index (Phi) is 3.82. The Hall–Kier alpha value is -1.50. The average Bonchev–Trinajstić information content (AvgIpc) is 2.45. The van der Waals surface area contributed by atoms with Crippen LogP contribution in [0.1, 0.15) is 13.8 Å². The molecule has 0 saturated heterocycles. The van der Waals surface area contributed by atoms with Crippen molar-refractivity contribution >= 4 is 20.8 Å². The van der Waals surface area contributed by atoms with Crippen molar-refractivity contribution in [1.29, 1.82) is 0 Å². The lowest BCUT2D eigenvalue weighted by molar-refractivity contribution is 0.138. The van der Waals surface area contributed by atoms with Gasteiger partial charge in [0.2, 0.25) is 10.0 Å². The van der Waals surface area contributed by atoms with Crippen LogP contribution in [0.4, 0.5) is 0 Å². The summed E-state index contributed by atoms with van der Waals surface area (Å²) in [5, 5.41) is 10.8. The highest BCUT2D eigenvalue weighted by molar-refractivity contribution is 7.89. The number of likely N-dealkylation sites (N-methyl/N-ethyl adjacent to an activating group) is 1. The third-order valence-corrected chi connectivity index (χ3v) is 5.65. The summed E-state index contributed by atoms with van der Waals surface area (Å²) in [5.74, 6) is 0. The van der Waals surface area contributed by atoms with E-state index < -0.39 is 15.6 Å². The molecule has 0 amide bonds. The molecule has 6 heteroatoms. The Morgan fingerprint density at radius 1 is 1.30 bits per heavy atom. The molecule has 0 bridgehead atoms. The van der Waals surface area contributed by atoms with E-state index in [-0.39, 0.29) is 11.5 Å². The lowest BCUT2D eigenvalue weighted by Gasteiger charge is -2.33. The zero-order valence-electron chi connectivity index (χ0n) is 11.7. The molecular weight excluding hydrogens is 276 g/mol. The van der Waals surface area contributed by atoms with Crippen molar-refractivity contribution in [1.82, 2.24) is 9.29 Å². The predicted octanol–water partition coefficient (Wildman–Crippen LogP) is 1.63. The fourth-order valence-corrected chi connectivity index (χ4v) is 3.61. The van der Waals surface area contributed by atoms with Gasteiger partial charge in [0.15, 0.2) is 0 Å². The van der Waals surface area contributed by atoms with Crippen LogP contribution in [-0.4, -0.2) is 42.0 Å². The summed E-state index contributed by atoms with van der Waals surface area (Å²) >= 11 is 0. The number of sulfonamides is 1. The van der Waals surface area contributed by atoms with Crippen molar-refractivity contribution in [2.45, 2.75) is 24.3 Å². The first-order valence-corrected chi connectivity index (χ1v) is 7.67. The van der Waals surface area contributed by atoms with Gasteiger partial charge in [0.05, 0.1) is 17.0 Å². The Labute approximate surface area is 118 Å². The summed E-state index contributed by atoms with van der Waals surface area (Å²) in [6.07, 6.45) is 3.20. The van der Waals surface area contributed by atoms with Crippen LogP contribution in [-0.2, 0) is 10.0 Å². The summed E-state index contributed by atoms with van der Waals surface area (Å²) < 4.78 is 26.7. The maximum absolute atomic E-state index is 12.7.